The lowest BCUT2D eigenvalue weighted by Gasteiger charge is -2.12. The van der Waals surface area contributed by atoms with E-state index in [1.54, 1.807) is 6.07 Å². The van der Waals surface area contributed by atoms with Crippen molar-refractivity contribution in [3.8, 4) is 5.75 Å². The first kappa shape index (κ1) is 19.8. The molecule has 0 bridgehead atoms. The third kappa shape index (κ3) is 6.39. The van der Waals surface area contributed by atoms with E-state index in [0.29, 0.717) is 18.8 Å². The maximum absolute atomic E-state index is 10.8. The largest absolute Gasteiger partial charge is 0.483 e. The number of carbonyl (C=O) groups excluding carboxylic acids is 1. The summed E-state index contributed by atoms with van der Waals surface area (Å²) in [5.74, 6) is 0.131. The zero-order valence-corrected chi connectivity index (χ0v) is 15.4. The van der Waals surface area contributed by atoms with E-state index < -0.39 is 5.91 Å². The third-order valence-electron chi connectivity index (χ3n) is 2.98. The molecule has 0 unspecified atom stereocenters. The summed E-state index contributed by atoms with van der Waals surface area (Å²) >= 11 is 9.55. The number of hydrogen-bond donors (Lipinski definition) is 2. The molecule has 2 aromatic rings. The van der Waals surface area contributed by atoms with Gasteiger partial charge < -0.3 is 15.8 Å². The van der Waals surface area contributed by atoms with Gasteiger partial charge >= 0.3 is 0 Å². The number of halogens is 3. The smallest absolute Gasteiger partial charge is 0.255 e. The van der Waals surface area contributed by atoms with E-state index in [1.807, 2.05) is 36.4 Å². The van der Waals surface area contributed by atoms with Crippen molar-refractivity contribution in [1.82, 2.24) is 5.32 Å². The molecule has 124 valence electrons. The second-order valence-corrected chi connectivity index (χ2v) is 6.02. The van der Waals surface area contributed by atoms with Crippen LogP contribution in [-0.2, 0) is 17.9 Å². The lowest BCUT2D eigenvalue weighted by Crippen LogP contribution is -2.21. The van der Waals surface area contributed by atoms with Crippen LogP contribution in [0.4, 0.5) is 0 Å². The van der Waals surface area contributed by atoms with E-state index in [9.17, 15) is 4.79 Å². The van der Waals surface area contributed by atoms with Gasteiger partial charge in [0.25, 0.3) is 5.91 Å². The molecule has 0 heterocycles. The Bertz CT molecular complexity index is 668. The number of carbonyl (C=O) groups is 1. The van der Waals surface area contributed by atoms with Crippen LogP contribution in [0.5, 0.6) is 5.75 Å². The molecule has 0 saturated carbocycles. The van der Waals surface area contributed by atoms with Crippen molar-refractivity contribution in [2.45, 2.75) is 13.1 Å². The molecule has 3 N–H and O–H groups in total. The summed E-state index contributed by atoms with van der Waals surface area (Å²) in [7, 11) is 0. The van der Waals surface area contributed by atoms with Crippen LogP contribution in [0.3, 0.4) is 0 Å². The van der Waals surface area contributed by atoms with Crippen LogP contribution in [0.1, 0.15) is 11.1 Å². The van der Waals surface area contributed by atoms with Crippen LogP contribution in [-0.4, -0.2) is 12.5 Å². The monoisotopic (exact) mass is 418 g/mol. The van der Waals surface area contributed by atoms with Gasteiger partial charge in [-0.1, -0.05) is 45.7 Å². The second kappa shape index (κ2) is 9.78. The highest BCUT2D eigenvalue weighted by Gasteiger charge is 2.07. The maximum atomic E-state index is 10.8. The Labute approximate surface area is 154 Å². The van der Waals surface area contributed by atoms with Gasteiger partial charge in [0.2, 0.25) is 0 Å². The SMILES string of the molecule is Cl.NC(=O)COc1ccc(Br)cc1CNCc1ccccc1Cl. The number of rotatable bonds is 7. The van der Waals surface area contributed by atoms with Crippen LogP contribution < -0.4 is 15.8 Å². The van der Waals surface area contributed by atoms with E-state index in [-0.39, 0.29) is 19.0 Å². The minimum absolute atomic E-state index is 0. The molecule has 1 amide bonds. The molecule has 0 aliphatic carbocycles. The normalized spacial score (nSPS) is 10.0. The minimum Gasteiger partial charge on any atom is -0.483 e. The Balaban J connectivity index is 0.00000264. The zero-order chi connectivity index (χ0) is 15.9. The standard InChI is InChI=1S/C16H16BrClN2O2.ClH/c17-13-5-6-15(22-10-16(19)21)12(7-13)9-20-8-11-3-1-2-4-14(11)18;/h1-7,20H,8-10H2,(H2,19,21);1H. The lowest BCUT2D eigenvalue weighted by atomic mass is 10.2. The average Bonchev–Trinajstić information content (AvgIpc) is 2.48. The number of nitrogens with two attached hydrogens (primary N) is 1. The van der Waals surface area contributed by atoms with Crippen molar-refractivity contribution in [2.75, 3.05) is 6.61 Å². The van der Waals surface area contributed by atoms with Gasteiger partial charge in [-0.05, 0) is 29.8 Å². The third-order valence-corrected chi connectivity index (χ3v) is 3.84. The second-order valence-electron chi connectivity index (χ2n) is 4.70. The van der Waals surface area contributed by atoms with E-state index in [1.165, 1.54) is 0 Å². The Kier molecular flexibility index (Phi) is 8.41. The predicted octanol–water partition coefficient (Wildman–Crippen LogP) is 3.68. The van der Waals surface area contributed by atoms with Crippen molar-refractivity contribution in [1.29, 1.82) is 0 Å². The molecule has 2 rings (SSSR count). The molecule has 0 aromatic heterocycles. The van der Waals surface area contributed by atoms with E-state index in [0.717, 1.165) is 20.6 Å². The summed E-state index contributed by atoms with van der Waals surface area (Å²) in [4.78, 5) is 10.8. The summed E-state index contributed by atoms with van der Waals surface area (Å²) in [6.45, 7) is 1.08. The number of primary amides is 1. The van der Waals surface area contributed by atoms with Gasteiger partial charge in [-0.2, -0.15) is 0 Å². The van der Waals surface area contributed by atoms with E-state index >= 15 is 0 Å². The first-order valence-electron chi connectivity index (χ1n) is 6.70. The fourth-order valence-electron chi connectivity index (χ4n) is 1.95. The van der Waals surface area contributed by atoms with Crippen LogP contribution >= 0.6 is 39.9 Å². The van der Waals surface area contributed by atoms with Crippen molar-refractivity contribution >= 4 is 45.8 Å². The minimum atomic E-state index is -0.502. The van der Waals surface area contributed by atoms with E-state index in [4.69, 9.17) is 22.1 Å². The summed E-state index contributed by atoms with van der Waals surface area (Å²) < 4.78 is 6.36. The zero-order valence-electron chi connectivity index (χ0n) is 12.2. The summed E-state index contributed by atoms with van der Waals surface area (Å²) in [6.07, 6.45) is 0. The Morgan fingerprint density at radius 2 is 1.87 bits per heavy atom. The van der Waals surface area contributed by atoms with Gasteiger partial charge in [-0.25, -0.2) is 0 Å². The van der Waals surface area contributed by atoms with Crippen LogP contribution in [0.15, 0.2) is 46.9 Å². The molecule has 0 fully saturated rings. The Morgan fingerprint density at radius 3 is 2.57 bits per heavy atom. The van der Waals surface area contributed by atoms with Crippen LogP contribution in [0, 0.1) is 0 Å². The average molecular weight is 420 g/mol. The Hall–Kier alpha value is -1.27. The number of nitrogens with one attached hydrogen (secondary N) is 1. The molecule has 0 radical (unpaired) electrons. The molecule has 2 aromatic carbocycles. The fourth-order valence-corrected chi connectivity index (χ4v) is 2.56. The van der Waals surface area contributed by atoms with Crippen LogP contribution in [0.2, 0.25) is 5.02 Å². The highest BCUT2D eigenvalue weighted by atomic mass is 79.9. The summed E-state index contributed by atoms with van der Waals surface area (Å²) in [5, 5.41) is 4.04. The molecular formula is C16H17BrCl2N2O2. The molecule has 0 aliphatic rings. The molecule has 0 atom stereocenters. The first-order chi connectivity index (χ1) is 10.6. The van der Waals surface area contributed by atoms with Gasteiger partial charge in [0, 0.05) is 28.1 Å². The molecular weight excluding hydrogens is 403 g/mol. The first-order valence-corrected chi connectivity index (χ1v) is 7.87. The number of ether oxygens (including phenoxy) is 1. The fraction of sp³-hybridized carbons (Fsp3) is 0.188. The summed E-state index contributed by atoms with van der Waals surface area (Å²) in [6, 6.07) is 13.3. The quantitative estimate of drug-likeness (QED) is 0.719. The van der Waals surface area contributed by atoms with Gasteiger partial charge in [0.05, 0.1) is 0 Å². The van der Waals surface area contributed by atoms with Crippen molar-refractivity contribution in [3.63, 3.8) is 0 Å². The van der Waals surface area contributed by atoms with Crippen LogP contribution in [0.25, 0.3) is 0 Å². The number of amides is 1. The molecule has 4 nitrogen and oxygen atoms in total. The van der Waals surface area contributed by atoms with Gasteiger partial charge in [0.15, 0.2) is 6.61 Å². The Morgan fingerprint density at radius 1 is 1.17 bits per heavy atom. The molecule has 0 saturated heterocycles. The van der Waals surface area contributed by atoms with Crippen molar-refractivity contribution in [3.05, 3.63) is 63.1 Å². The number of benzene rings is 2. The summed E-state index contributed by atoms with van der Waals surface area (Å²) in [5.41, 5.74) is 7.07. The van der Waals surface area contributed by atoms with Gasteiger partial charge in [0.1, 0.15) is 5.75 Å². The van der Waals surface area contributed by atoms with Gasteiger partial charge in [-0.15, -0.1) is 12.4 Å². The molecule has 7 heteroatoms. The highest BCUT2D eigenvalue weighted by molar-refractivity contribution is 9.10. The number of hydrogen-bond acceptors (Lipinski definition) is 3. The van der Waals surface area contributed by atoms with Gasteiger partial charge in [-0.3, -0.25) is 4.79 Å². The van der Waals surface area contributed by atoms with Crippen molar-refractivity contribution in [2.24, 2.45) is 5.73 Å². The topological polar surface area (TPSA) is 64.4 Å². The predicted molar refractivity (Wildman–Crippen MR) is 98.1 cm³/mol. The molecule has 0 aliphatic heterocycles. The highest BCUT2D eigenvalue weighted by Crippen LogP contribution is 2.23. The molecule has 0 spiro atoms. The molecule has 23 heavy (non-hydrogen) atoms. The van der Waals surface area contributed by atoms with E-state index in [2.05, 4.69) is 21.2 Å². The lowest BCUT2D eigenvalue weighted by molar-refractivity contribution is -0.119. The van der Waals surface area contributed by atoms with Crippen molar-refractivity contribution < 1.29 is 9.53 Å². The maximum Gasteiger partial charge on any atom is 0.255 e.